The molecule has 28 heavy (non-hydrogen) atoms. The van der Waals surface area contributed by atoms with Gasteiger partial charge in [-0.05, 0) is 69.5 Å². The fourth-order valence-electron chi connectivity index (χ4n) is 2.72. The largest absolute Gasteiger partial charge is 0.481 e. The number of anilines is 1. The van der Waals surface area contributed by atoms with Gasteiger partial charge in [0.1, 0.15) is 5.75 Å². The van der Waals surface area contributed by atoms with E-state index in [1.165, 1.54) is 12.1 Å². The van der Waals surface area contributed by atoms with Crippen LogP contribution in [0, 0.1) is 6.92 Å². The van der Waals surface area contributed by atoms with E-state index >= 15 is 0 Å². The molecule has 0 radical (unpaired) electrons. The van der Waals surface area contributed by atoms with Gasteiger partial charge >= 0.3 is 0 Å². The first-order chi connectivity index (χ1) is 13.1. The molecular formula is C21H28N2O4S. The van der Waals surface area contributed by atoms with Gasteiger partial charge in [-0.2, -0.15) is 0 Å². The van der Waals surface area contributed by atoms with Crippen LogP contribution in [0.5, 0.6) is 5.75 Å². The molecule has 152 valence electrons. The van der Waals surface area contributed by atoms with Crippen LogP contribution >= 0.6 is 0 Å². The molecule has 0 aliphatic carbocycles. The third-order valence-electron chi connectivity index (χ3n) is 4.22. The first-order valence-corrected chi connectivity index (χ1v) is 10.8. The Balaban J connectivity index is 2.15. The Morgan fingerprint density at radius 1 is 1.07 bits per heavy atom. The van der Waals surface area contributed by atoms with E-state index in [1.807, 2.05) is 45.9 Å². The third kappa shape index (κ3) is 5.48. The fraction of sp³-hybridized carbons (Fsp3) is 0.381. The summed E-state index contributed by atoms with van der Waals surface area (Å²) >= 11 is 0. The number of hydrogen-bond acceptors (Lipinski definition) is 4. The monoisotopic (exact) mass is 404 g/mol. The topological polar surface area (TPSA) is 84.5 Å². The lowest BCUT2D eigenvalue weighted by Crippen LogP contribution is -2.40. The minimum Gasteiger partial charge on any atom is -0.481 e. The van der Waals surface area contributed by atoms with Gasteiger partial charge in [-0.3, -0.25) is 9.52 Å². The number of ether oxygens (including phenoxy) is 1. The van der Waals surface area contributed by atoms with Crippen LogP contribution in [-0.4, -0.2) is 26.5 Å². The van der Waals surface area contributed by atoms with Crippen molar-refractivity contribution in [2.24, 2.45) is 0 Å². The van der Waals surface area contributed by atoms with Crippen molar-refractivity contribution >= 4 is 21.6 Å². The predicted octanol–water partition coefficient (Wildman–Crippen LogP) is 3.65. The van der Waals surface area contributed by atoms with Crippen LogP contribution in [0.15, 0.2) is 47.4 Å². The van der Waals surface area contributed by atoms with Gasteiger partial charge < -0.3 is 10.1 Å². The van der Waals surface area contributed by atoms with E-state index in [4.69, 9.17) is 4.74 Å². The molecule has 0 saturated carbocycles. The van der Waals surface area contributed by atoms with Crippen molar-refractivity contribution in [2.45, 2.75) is 58.1 Å². The zero-order valence-electron chi connectivity index (χ0n) is 16.9. The van der Waals surface area contributed by atoms with Gasteiger partial charge in [-0.15, -0.1) is 0 Å². The molecule has 0 aliphatic heterocycles. The van der Waals surface area contributed by atoms with Crippen molar-refractivity contribution in [2.75, 3.05) is 4.72 Å². The highest BCUT2D eigenvalue weighted by atomic mass is 32.2. The number of amides is 1. The molecule has 0 heterocycles. The molecule has 6 nitrogen and oxygen atoms in total. The van der Waals surface area contributed by atoms with Crippen LogP contribution in [0.25, 0.3) is 0 Å². The average molecular weight is 405 g/mol. The molecule has 0 unspecified atom stereocenters. The number of carbonyl (C=O) groups excluding carboxylic acids is 1. The number of nitrogens with one attached hydrogen (secondary N) is 2. The Labute approximate surface area is 167 Å². The van der Waals surface area contributed by atoms with Gasteiger partial charge in [0.2, 0.25) is 0 Å². The number of carbonyl (C=O) groups is 1. The van der Waals surface area contributed by atoms with E-state index in [0.717, 1.165) is 17.5 Å². The van der Waals surface area contributed by atoms with Crippen molar-refractivity contribution in [1.29, 1.82) is 0 Å². The molecule has 0 aromatic heterocycles. The Morgan fingerprint density at radius 3 is 2.29 bits per heavy atom. The lowest BCUT2D eigenvalue weighted by molar-refractivity contribution is -0.127. The molecule has 0 spiro atoms. The molecule has 0 bridgehead atoms. The summed E-state index contributed by atoms with van der Waals surface area (Å²) in [5.41, 5.74) is 2.42. The quantitative estimate of drug-likeness (QED) is 0.703. The number of rotatable bonds is 8. The molecule has 2 aromatic carbocycles. The van der Waals surface area contributed by atoms with Crippen molar-refractivity contribution in [3.8, 4) is 5.75 Å². The van der Waals surface area contributed by atoms with Crippen LogP contribution in [0.4, 0.5) is 5.69 Å². The van der Waals surface area contributed by atoms with E-state index in [0.29, 0.717) is 11.4 Å². The standard InChI is InChI=1S/C21H28N2O4S/c1-6-17-9-7-8-15(4)20(17)23-28(25,26)19-12-10-18(11-13-19)27-16(5)21(24)22-14(2)3/h7-14,16,23H,6H2,1-5H3,(H,22,24)/t16-/m0/s1. The second-order valence-corrected chi connectivity index (χ2v) is 8.65. The summed E-state index contributed by atoms with van der Waals surface area (Å²) in [7, 11) is -3.73. The number of benzene rings is 2. The Kier molecular flexibility index (Phi) is 7.07. The molecule has 2 aromatic rings. The van der Waals surface area contributed by atoms with Crippen molar-refractivity contribution in [1.82, 2.24) is 5.32 Å². The second kappa shape index (κ2) is 9.10. The summed E-state index contributed by atoms with van der Waals surface area (Å²) in [5.74, 6) is 0.204. The maximum atomic E-state index is 12.8. The molecule has 0 aliphatic rings. The summed E-state index contributed by atoms with van der Waals surface area (Å²) in [6.45, 7) is 9.24. The molecule has 0 fully saturated rings. The lowest BCUT2D eigenvalue weighted by atomic mass is 10.1. The summed E-state index contributed by atoms with van der Waals surface area (Å²) in [6.07, 6.45) is 0.0462. The molecule has 1 amide bonds. The molecule has 2 N–H and O–H groups in total. The van der Waals surface area contributed by atoms with Crippen molar-refractivity contribution in [3.05, 3.63) is 53.6 Å². The summed E-state index contributed by atoms with van der Waals surface area (Å²) < 4.78 is 33.8. The smallest absolute Gasteiger partial charge is 0.261 e. The molecule has 2 rings (SSSR count). The fourth-order valence-corrected chi connectivity index (χ4v) is 3.89. The highest BCUT2D eigenvalue weighted by Gasteiger charge is 2.19. The first-order valence-electron chi connectivity index (χ1n) is 9.32. The maximum Gasteiger partial charge on any atom is 0.261 e. The van der Waals surface area contributed by atoms with Gasteiger partial charge in [0, 0.05) is 6.04 Å². The highest BCUT2D eigenvalue weighted by Crippen LogP contribution is 2.25. The van der Waals surface area contributed by atoms with Gasteiger partial charge in [0.25, 0.3) is 15.9 Å². The minimum atomic E-state index is -3.73. The molecule has 0 saturated heterocycles. The zero-order valence-corrected chi connectivity index (χ0v) is 17.8. The van der Waals surface area contributed by atoms with Crippen LogP contribution < -0.4 is 14.8 Å². The molecule has 1 atom stereocenters. The summed E-state index contributed by atoms with van der Waals surface area (Å²) in [5, 5.41) is 2.77. The Bertz CT molecular complexity index is 922. The number of hydrogen-bond donors (Lipinski definition) is 2. The van der Waals surface area contributed by atoms with Gasteiger partial charge in [0.05, 0.1) is 10.6 Å². The Morgan fingerprint density at radius 2 is 1.71 bits per heavy atom. The third-order valence-corrected chi connectivity index (χ3v) is 5.59. The summed E-state index contributed by atoms with van der Waals surface area (Å²) in [4.78, 5) is 12.1. The van der Waals surface area contributed by atoms with E-state index in [-0.39, 0.29) is 16.8 Å². The van der Waals surface area contributed by atoms with Crippen LogP contribution in [-0.2, 0) is 21.2 Å². The van der Waals surface area contributed by atoms with E-state index < -0.39 is 16.1 Å². The van der Waals surface area contributed by atoms with E-state index in [2.05, 4.69) is 10.0 Å². The van der Waals surface area contributed by atoms with Gasteiger partial charge in [0.15, 0.2) is 6.10 Å². The lowest BCUT2D eigenvalue weighted by Gasteiger charge is -2.17. The highest BCUT2D eigenvalue weighted by molar-refractivity contribution is 7.92. The molecular weight excluding hydrogens is 376 g/mol. The van der Waals surface area contributed by atoms with Crippen LogP contribution in [0.2, 0.25) is 0 Å². The van der Waals surface area contributed by atoms with Gasteiger partial charge in [-0.1, -0.05) is 25.1 Å². The van der Waals surface area contributed by atoms with E-state index in [1.54, 1.807) is 19.1 Å². The van der Waals surface area contributed by atoms with E-state index in [9.17, 15) is 13.2 Å². The second-order valence-electron chi connectivity index (χ2n) is 6.96. The molecule has 7 heteroatoms. The minimum absolute atomic E-state index is 0.0200. The van der Waals surface area contributed by atoms with Crippen LogP contribution in [0.1, 0.15) is 38.8 Å². The van der Waals surface area contributed by atoms with Crippen molar-refractivity contribution in [3.63, 3.8) is 0 Å². The van der Waals surface area contributed by atoms with Crippen molar-refractivity contribution < 1.29 is 17.9 Å². The van der Waals surface area contributed by atoms with Gasteiger partial charge in [-0.25, -0.2) is 8.42 Å². The first kappa shape index (κ1) is 21.8. The summed E-state index contributed by atoms with van der Waals surface area (Å²) in [6, 6.07) is 11.7. The zero-order chi connectivity index (χ0) is 20.9. The normalized spacial score (nSPS) is 12.5. The predicted molar refractivity (Wildman–Crippen MR) is 111 cm³/mol. The average Bonchev–Trinajstić information content (AvgIpc) is 2.63. The maximum absolute atomic E-state index is 12.8. The SMILES string of the molecule is CCc1cccc(C)c1NS(=O)(=O)c1ccc(O[C@@H](C)C(=O)NC(C)C)cc1. The number of sulfonamides is 1. The number of para-hydroxylation sites is 1. The van der Waals surface area contributed by atoms with Crippen LogP contribution in [0.3, 0.4) is 0 Å². The Hall–Kier alpha value is -2.54. The number of aryl methyl sites for hydroxylation is 2.